The van der Waals surface area contributed by atoms with Gasteiger partial charge in [0.05, 0.1) is 11.0 Å². The van der Waals surface area contributed by atoms with Crippen LogP contribution in [0.25, 0.3) is 0 Å². The van der Waals surface area contributed by atoms with E-state index >= 15 is 0 Å². The minimum absolute atomic E-state index is 0.0263. The topological polar surface area (TPSA) is 137 Å². The van der Waals surface area contributed by atoms with Gasteiger partial charge in [0.25, 0.3) is 0 Å². The van der Waals surface area contributed by atoms with Crippen molar-refractivity contribution in [1.29, 1.82) is 0 Å². The summed E-state index contributed by atoms with van der Waals surface area (Å²) in [6.07, 6.45) is -3.74. The van der Waals surface area contributed by atoms with E-state index in [4.69, 9.17) is 19.4 Å². The normalized spacial score (nSPS) is 31.8. The summed E-state index contributed by atoms with van der Waals surface area (Å²) >= 11 is 0. The van der Waals surface area contributed by atoms with E-state index in [1.807, 2.05) is 13.1 Å². The number of esters is 1. The number of hydrogen-bond acceptors (Lipinski definition) is 8. The Labute approximate surface area is 192 Å². The van der Waals surface area contributed by atoms with Crippen molar-refractivity contribution < 1.29 is 52.7 Å². The Morgan fingerprint density at radius 1 is 1.32 bits per heavy atom. The van der Waals surface area contributed by atoms with Gasteiger partial charge in [-0.15, -0.1) is 0 Å². The molecule has 1 spiro atoms. The third-order valence-electron chi connectivity index (χ3n) is 7.16. The minimum atomic E-state index is -5.08. The number of piperidine rings is 1. The predicted octanol–water partition coefficient (Wildman–Crippen LogP) is 1.23. The van der Waals surface area contributed by atoms with Crippen LogP contribution < -0.4 is 4.74 Å². The maximum absolute atomic E-state index is 12.0. The van der Waals surface area contributed by atoms with E-state index in [1.165, 1.54) is 6.92 Å². The number of ether oxygens (including phenoxy) is 2. The highest BCUT2D eigenvalue weighted by atomic mass is 19.4. The largest absolute Gasteiger partial charge is 0.504 e. The quantitative estimate of drug-likeness (QED) is 0.454. The molecular formula is C22H24F3NO8. The molecule has 2 bridgehead atoms. The van der Waals surface area contributed by atoms with Crippen LogP contribution in [-0.4, -0.2) is 80.9 Å². The van der Waals surface area contributed by atoms with Gasteiger partial charge >= 0.3 is 18.1 Å². The van der Waals surface area contributed by atoms with Crippen molar-refractivity contribution >= 4 is 11.9 Å². The second kappa shape index (κ2) is 7.85. The highest BCUT2D eigenvalue weighted by molar-refractivity contribution is 5.75. The maximum atomic E-state index is 12.0. The van der Waals surface area contributed by atoms with E-state index in [1.54, 1.807) is 12.1 Å². The third-order valence-corrected chi connectivity index (χ3v) is 7.16. The van der Waals surface area contributed by atoms with Crippen molar-refractivity contribution in [2.75, 3.05) is 13.6 Å². The van der Waals surface area contributed by atoms with Crippen LogP contribution in [0, 0.1) is 0 Å². The first-order valence-electron chi connectivity index (χ1n) is 10.6. The molecule has 186 valence electrons. The van der Waals surface area contributed by atoms with Crippen molar-refractivity contribution in [3.63, 3.8) is 0 Å². The number of nitrogens with zero attached hydrogens (tertiary/aromatic N) is 1. The number of carbonyl (C=O) groups excluding carboxylic acids is 1. The van der Waals surface area contributed by atoms with E-state index in [9.17, 15) is 33.3 Å². The van der Waals surface area contributed by atoms with Crippen LogP contribution in [0.4, 0.5) is 13.2 Å². The SMILES string of the molecule is C[C@H](O)C(=O)OC1=CC[C@]2(O)C3Cc4ccc(O)c5c4[C@@]2(CCN3C)[C@H]1O5.O=C(O)C(F)(F)F. The molecule has 2 heterocycles. The van der Waals surface area contributed by atoms with E-state index < -0.39 is 41.3 Å². The molecule has 1 aromatic rings. The molecule has 1 aromatic carbocycles. The lowest BCUT2D eigenvalue weighted by molar-refractivity contribution is -0.192. The van der Waals surface area contributed by atoms with Crippen LogP contribution in [0.1, 0.15) is 30.9 Å². The molecule has 2 aliphatic carbocycles. The number of hydrogen-bond donors (Lipinski definition) is 4. The number of likely N-dealkylation sites (N-methyl/N-ethyl adjacent to an activating group) is 1. The third kappa shape index (κ3) is 3.35. The molecule has 0 saturated carbocycles. The first-order valence-corrected chi connectivity index (χ1v) is 10.6. The molecular weight excluding hydrogens is 463 g/mol. The molecule has 1 unspecified atom stereocenters. The van der Waals surface area contributed by atoms with Gasteiger partial charge in [0.2, 0.25) is 0 Å². The molecule has 0 radical (unpaired) electrons. The molecule has 12 heteroatoms. The van der Waals surface area contributed by atoms with Crippen molar-refractivity contribution in [1.82, 2.24) is 4.90 Å². The number of halogens is 3. The number of rotatable bonds is 2. The zero-order valence-corrected chi connectivity index (χ0v) is 18.3. The molecule has 4 aliphatic rings. The first kappa shape index (κ1) is 24.3. The van der Waals surface area contributed by atoms with Gasteiger partial charge in [-0.3, -0.25) is 0 Å². The fraction of sp³-hybridized carbons (Fsp3) is 0.545. The number of aliphatic hydroxyl groups excluding tert-OH is 1. The summed E-state index contributed by atoms with van der Waals surface area (Å²) in [7, 11) is 2.01. The van der Waals surface area contributed by atoms with Gasteiger partial charge in [-0.2, -0.15) is 13.2 Å². The van der Waals surface area contributed by atoms with Crippen LogP contribution in [0.5, 0.6) is 11.5 Å². The molecule has 4 N–H and O–H groups in total. The van der Waals surface area contributed by atoms with Gasteiger partial charge in [-0.1, -0.05) is 6.07 Å². The lowest BCUT2D eigenvalue weighted by Crippen LogP contribution is -2.74. The zero-order chi connectivity index (χ0) is 25.2. The van der Waals surface area contributed by atoms with Gasteiger partial charge in [-0.05, 0) is 51.1 Å². The van der Waals surface area contributed by atoms with Crippen molar-refractivity contribution in [2.24, 2.45) is 0 Å². The standard InChI is InChI=1S/C20H23NO6.C2HF3O2/c1-10(22)18(24)26-13-5-6-20(25)14-9-11-3-4-12(23)16-15(11)19(20,17(13)27-16)7-8-21(14)2;3-2(4,5)1(6)7/h3-5,10,14,17,22-23,25H,6-9H2,1-2H3;(H,6,7)/t10-,14?,17-,19-,20-;/m0./s1. The summed E-state index contributed by atoms with van der Waals surface area (Å²) in [6, 6.07) is 3.42. The Morgan fingerprint density at radius 2 is 1.97 bits per heavy atom. The van der Waals surface area contributed by atoms with Crippen LogP contribution in [0.15, 0.2) is 24.0 Å². The fourth-order valence-electron chi connectivity index (χ4n) is 5.64. The van der Waals surface area contributed by atoms with Crippen molar-refractivity contribution in [3.8, 4) is 11.5 Å². The number of likely N-dealkylation sites (tertiary alicyclic amines) is 1. The van der Waals surface area contributed by atoms with E-state index in [-0.39, 0.29) is 11.8 Å². The Balaban J connectivity index is 0.000000344. The van der Waals surface area contributed by atoms with Gasteiger partial charge < -0.3 is 34.8 Å². The smallest absolute Gasteiger partial charge is 0.490 e. The number of alkyl halides is 3. The molecule has 1 fully saturated rings. The molecule has 0 aromatic heterocycles. The average molecular weight is 487 g/mol. The summed E-state index contributed by atoms with van der Waals surface area (Å²) in [4.78, 5) is 23.1. The number of phenolic OH excluding ortho intramolecular Hbond substituents is 1. The van der Waals surface area contributed by atoms with Crippen LogP contribution >= 0.6 is 0 Å². The number of carboxylic acid groups (broad SMARTS) is 1. The summed E-state index contributed by atoms with van der Waals surface area (Å²) in [6.45, 7) is 2.11. The Bertz CT molecular complexity index is 1070. The first-order chi connectivity index (χ1) is 15.7. The van der Waals surface area contributed by atoms with Gasteiger partial charge in [0.1, 0.15) is 11.9 Å². The molecule has 1 saturated heterocycles. The summed E-state index contributed by atoms with van der Waals surface area (Å²) in [5.74, 6) is -2.81. The molecule has 9 nitrogen and oxygen atoms in total. The highest BCUT2D eigenvalue weighted by Crippen LogP contribution is 2.65. The average Bonchev–Trinajstić information content (AvgIpc) is 3.10. The minimum Gasteiger partial charge on any atom is -0.504 e. The molecule has 34 heavy (non-hydrogen) atoms. The number of carboxylic acids is 1. The van der Waals surface area contributed by atoms with E-state index in [0.717, 1.165) is 17.7 Å². The highest BCUT2D eigenvalue weighted by Gasteiger charge is 2.72. The Morgan fingerprint density at radius 3 is 2.56 bits per heavy atom. The number of carbonyl (C=O) groups is 2. The van der Waals surface area contributed by atoms with Crippen LogP contribution in [-0.2, 0) is 26.2 Å². The molecule has 0 amide bonds. The number of aromatic hydroxyl groups is 1. The fourth-order valence-corrected chi connectivity index (χ4v) is 5.64. The van der Waals surface area contributed by atoms with Gasteiger partial charge in [0, 0.05) is 18.0 Å². The second-order valence-corrected chi connectivity index (χ2v) is 9.00. The van der Waals surface area contributed by atoms with Crippen molar-refractivity contribution in [3.05, 3.63) is 35.1 Å². The van der Waals surface area contributed by atoms with Crippen molar-refractivity contribution in [2.45, 2.75) is 61.6 Å². The molecule has 5 rings (SSSR count). The number of aliphatic hydroxyl groups is 2. The predicted molar refractivity (Wildman–Crippen MR) is 108 cm³/mol. The van der Waals surface area contributed by atoms with Gasteiger partial charge in [0.15, 0.2) is 17.6 Å². The summed E-state index contributed by atoms with van der Waals surface area (Å²) in [5.41, 5.74) is 0.0273. The lowest BCUT2D eigenvalue weighted by atomic mass is 9.50. The van der Waals surface area contributed by atoms with Crippen LogP contribution in [0.2, 0.25) is 0 Å². The van der Waals surface area contributed by atoms with E-state index in [0.29, 0.717) is 30.8 Å². The van der Waals surface area contributed by atoms with Gasteiger partial charge in [-0.25, -0.2) is 9.59 Å². The number of benzene rings is 1. The number of aliphatic carboxylic acids is 1. The monoisotopic (exact) mass is 487 g/mol. The Kier molecular flexibility index (Phi) is 5.61. The summed E-state index contributed by atoms with van der Waals surface area (Å²) in [5, 5.41) is 39.0. The zero-order valence-electron chi connectivity index (χ0n) is 18.3. The Hall–Kier alpha value is -2.83. The van der Waals surface area contributed by atoms with E-state index in [2.05, 4.69) is 4.90 Å². The molecule has 5 atom stereocenters. The lowest BCUT2D eigenvalue weighted by Gasteiger charge is -2.61. The summed E-state index contributed by atoms with van der Waals surface area (Å²) < 4.78 is 43.3. The number of phenols is 1. The second-order valence-electron chi connectivity index (χ2n) is 9.00. The molecule has 2 aliphatic heterocycles. The van der Waals surface area contributed by atoms with Crippen LogP contribution in [0.3, 0.4) is 0 Å². The maximum Gasteiger partial charge on any atom is 0.490 e.